The standard InChI is InChI=1S/C16H29N3/c1-4-14(13-8-6-5-7-9-13)19-11-18-10-15(19)16(17)12(2)3/h10-14,16H,4-9,17H2,1-3H3. The molecule has 0 aliphatic heterocycles. The molecule has 0 amide bonds. The van der Waals surface area contributed by atoms with E-state index < -0.39 is 0 Å². The van der Waals surface area contributed by atoms with Crippen LogP contribution in [-0.4, -0.2) is 9.55 Å². The van der Waals surface area contributed by atoms with E-state index in [-0.39, 0.29) is 6.04 Å². The van der Waals surface area contributed by atoms with Crippen molar-refractivity contribution in [3.63, 3.8) is 0 Å². The summed E-state index contributed by atoms with van der Waals surface area (Å²) >= 11 is 0. The van der Waals surface area contributed by atoms with Crippen molar-refractivity contribution >= 4 is 0 Å². The van der Waals surface area contributed by atoms with Crippen molar-refractivity contribution in [1.82, 2.24) is 9.55 Å². The zero-order valence-corrected chi connectivity index (χ0v) is 12.7. The molecule has 1 aromatic heterocycles. The molecule has 0 spiro atoms. The molecule has 2 atom stereocenters. The van der Waals surface area contributed by atoms with E-state index in [1.165, 1.54) is 44.2 Å². The summed E-state index contributed by atoms with van der Waals surface area (Å²) in [4.78, 5) is 4.37. The van der Waals surface area contributed by atoms with Crippen molar-refractivity contribution in [3.8, 4) is 0 Å². The molecule has 2 unspecified atom stereocenters. The first-order chi connectivity index (χ1) is 9.15. The Kier molecular flexibility index (Phi) is 5.03. The number of rotatable bonds is 5. The third-order valence-electron chi connectivity index (χ3n) is 4.73. The summed E-state index contributed by atoms with van der Waals surface area (Å²) in [6.07, 6.45) is 12.1. The lowest BCUT2D eigenvalue weighted by Crippen LogP contribution is -2.26. The van der Waals surface area contributed by atoms with Crippen molar-refractivity contribution in [2.75, 3.05) is 0 Å². The Bertz CT molecular complexity index is 377. The Morgan fingerprint density at radius 3 is 2.58 bits per heavy atom. The van der Waals surface area contributed by atoms with E-state index in [0.717, 1.165) is 5.92 Å². The van der Waals surface area contributed by atoms with Crippen LogP contribution in [0, 0.1) is 11.8 Å². The highest BCUT2D eigenvalue weighted by Crippen LogP contribution is 2.36. The Morgan fingerprint density at radius 1 is 1.32 bits per heavy atom. The van der Waals surface area contributed by atoms with E-state index in [0.29, 0.717) is 12.0 Å². The largest absolute Gasteiger partial charge is 0.330 e. The summed E-state index contributed by atoms with van der Waals surface area (Å²) in [6.45, 7) is 6.66. The molecule has 19 heavy (non-hydrogen) atoms. The second kappa shape index (κ2) is 6.56. The molecule has 2 rings (SSSR count). The molecule has 1 heterocycles. The van der Waals surface area contributed by atoms with Crippen LogP contribution in [0.4, 0.5) is 0 Å². The van der Waals surface area contributed by atoms with E-state index >= 15 is 0 Å². The summed E-state index contributed by atoms with van der Waals surface area (Å²) in [5.41, 5.74) is 7.56. The summed E-state index contributed by atoms with van der Waals surface area (Å²) in [6, 6.07) is 0.683. The van der Waals surface area contributed by atoms with Crippen molar-refractivity contribution in [2.45, 2.75) is 71.4 Å². The predicted octanol–water partition coefficient (Wildman–Crippen LogP) is 4.07. The zero-order valence-electron chi connectivity index (χ0n) is 12.7. The molecule has 0 aromatic carbocycles. The summed E-state index contributed by atoms with van der Waals surface area (Å²) in [5, 5.41) is 0. The van der Waals surface area contributed by atoms with Gasteiger partial charge in [-0.15, -0.1) is 0 Å². The third kappa shape index (κ3) is 3.19. The number of nitrogens with zero attached hydrogens (tertiary/aromatic N) is 2. The predicted molar refractivity (Wildman–Crippen MR) is 79.9 cm³/mol. The quantitative estimate of drug-likeness (QED) is 0.870. The fourth-order valence-corrected chi connectivity index (χ4v) is 3.47. The van der Waals surface area contributed by atoms with E-state index in [1.807, 2.05) is 12.5 Å². The minimum Gasteiger partial charge on any atom is -0.330 e. The fourth-order valence-electron chi connectivity index (χ4n) is 3.47. The van der Waals surface area contributed by atoms with Gasteiger partial charge in [0.15, 0.2) is 0 Å². The van der Waals surface area contributed by atoms with Crippen LogP contribution < -0.4 is 5.73 Å². The smallest absolute Gasteiger partial charge is 0.0951 e. The maximum Gasteiger partial charge on any atom is 0.0951 e. The zero-order chi connectivity index (χ0) is 13.8. The highest BCUT2D eigenvalue weighted by molar-refractivity contribution is 5.07. The van der Waals surface area contributed by atoms with E-state index in [9.17, 15) is 0 Å². The van der Waals surface area contributed by atoms with Crippen LogP contribution in [0.5, 0.6) is 0 Å². The van der Waals surface area contributed by atoms with Crippen LogP contribution in [0.15, 0.2) is 12.5 Å². The lowest BCUT2D eigenvalue weighted by molar-refractivity contribution is 0.235. The van der Waals surface area contributed by atoms with Crippen molar-refractivity contribution in [2.24, 2.45) is 17.6 Å². The number of hydrogen-bond acceptors (Lipinski definition) is 2. The van der Waals surface area contributed by atoms with Crippen molar-refractivity contribution in [1.29, 1.82) is 0 Å². The van der Waals surface area contributed by atoms with E-state index in [1.54, 1.807) is 0 Å². The summed E-state index contributed by atoms with van der Waals surface area (Å²) < 4.78 is 2.38. The molecule has 0 radical (unpaired) electrons. The first-order valence-corrected chi connectivity index (χ1v) is 7.92. The van der Waals surface area contributed by atoms with Gasteiger partial charge in [0, 0.05) is 18.3 Å². The molecule has 1 aromatic rings. The molecule has 0 bridgehead atoms. The lowest BCUT2D eigenvalue weighted by Gasteiger charge is -2.33. The van der Waals surface area contributed by atoms with Gasteiger partial charge in [-0.1, -0.05) is 40.0 Å². The number of nitrogens with two attached hydrogens (primary N) is 1. The molecule has 0 saturated heterocycles. The van der Waals surface area contributed by atoms with E-state index in [4.69, 9.17) is 5.73 Å². The second-order valence-electron chi connectivity index (χ2n) is 6.37. The van der Waals surface area contributed by atoms with Crippen LogP contribution in [0.1, 0.15) is 77.1 Å². The van der Waals surface area contributed by atoms with Gasteiger partial charge >= 0.3 is 0 Å². The van der Waals surface area contributed by atoms with Gasteiger partial charge in [0.1, 0.15) is 0 Å². The molecular weight excluding hydrogens is 234 g/mol. The van der Waals surface area contributed by atoms with Gasteiger partial charge in [-0.25, -0.2) is 4.98 Å². The second-order valence-corrected chi connectivity index (χ2v) is 6.37. The fraction of sp³-hybridized carbons (Fsp3) is 0.812. The Balaban J connectivity index is 2.20. The molecule has 1 aliphatic carbocycles. The average Bonchev–Trinajstić information content (AvgIpc) is 2.89. The monoisotopic (exact) mass is 263 g/mol. The van der Waals surface area contributed by atoms with Gasteiger partial charge in [0.2, 0.25) is 0 Å². The van der Waals surface area contributed by atoms with Crippen molar-refractivity contribution < 1.29 is 0 Å². The number of aromatic nitrogens is 2. The van der Waals surface area contributed by atoms with Crippen molar-refractivity contribution in [3.05, 3.63) is 18.2 Å². The van der Waals surface area contributed by atoms with Gasteiger partial charge < -0.3 is 10.3 Å². The van der Waals surface area contributed by atoms with E-state index in [2.05, 4.69) is 30.3 Å². The van der Waals surface area contributed by atoms with Crippen LogP contribution in [0.25, 0.3) is 0 Å². The van der Waals surface area contributed by atoms with Gasteiger partial charge in [-0.2, -0.15) is 0 Å². The Hall–Kier alpha value is -0.830. The SMILES string of the molecule is CCC(C1CCCCC1)n1cncc1C(N)C(C)C. The van der Waals surface area contributed by atoms with Crippen LogP contribution in [-0.2, 0) is 0 Å². The first-order valence-electron chi connectivity index (χ1n) is 7.92. The molecule has 3 nitrogen and oxygen atoms in total. The molecular formula is C16H29N3. The van der Waals surface area contributed by atoms with Gasteiger partial charge in [0.05, 0.1) is 12.0 Å². The Morgan fingerprint density at radius 2 is 2.00 bits per heavy atom. The highest BCUT2D eigenvalue weighted by Gasteiger charge is 2.26. The molecule has 1 aliphatic rings. The van der Waals surface area contributed by atoms with Crippen LogP contribution in [0.2, 0.25) is 0 Å². The van der Waals surface area contributed by atoms with Gasteiger partial charge in [-0.3, -0.25) is 0 Å². The molecule has 3 heteroatoms. The maximum absolute atomic E-state index is 6.34. The average molecular weight is 263 g/mol. The molecule has 1 fully saturated rings. The highest BCUT2D eigenvalue weighted by atomic mass is 15.1. The summed E-state index contributed by atoms with van der Waals surface area (Å²) in [5.74, 6) is 1.27. The minimum absolute atomic E-state index is 0.0974. The minimum atomic E-state index is 0.0974. The summed E-state index contributed by atoms with van der Waals surface area (Å²) in [7, 11) is 0. The van der Waals surface area contributed by atoms with Gasteiger partial charge in [0.25, 0.3) is 0 Å². The number of imidazole rings is 1. The van der Waals surface area contributed by atoms with Gasteiger partial charge in [-0.05, 0) is 31.1 Å². The third-order valence-corrected chi connectivity index (χ3v) is 4.73. The maximum atomic E-state index is 6.34. The number of hydrogen-bond donors (Lipinski definition) is 1. The first kappa shape index (κ1) is 14.6. The molecule has 108 valence electrons. The molecule has 2 N–H and O–H groups in total. The normalized spacial score (nSPS) is 20.7. The van der Waals surface area contributed by atoms with Crippen LogP contribution >= 0.6 is 0 Å². The topological polar surface area (TPSA) is 43.8 Å². The lowest BCUT2D eigenvalue weighted by atomic mass is 9.82. The Labute approximate surface area is 117 Å². The van der Waals surface area contributed by atoms with Crippen LogP contribution in [0.3, 0.4) is 0 Å². The molecule has 1 saturated carbocycles.